The minimum atomic E-state index is -0.449. The third kappa shape index (κ3) is 5.46. The Morgan fingerprint density at radius 1 is 1.50 bits per heavy atom. The maximum absolute atomic E-state index is 11.4. The van der Waals surface area contributed by atoms with Gasteiger partial charge < -0.3 is 11.1 Å². The van der Waals surface area contributed by atoms with E-state index in [1.165, 1.54) is 0 Å². The van der Waals surface area contributed by atoms with Crippen LogP contribution < -0.4 is 11.1 Å². The standard InChI is InChI=1S/C12H19N3O/c1-12(2,13)9-11(16)15-8-6-10-5-3-4-7-14-10/h3-5,7H,6,8-9,13H2,1-2H3,(H,15,16). The van der Waals surface area contributed by atoms with Crippen LogP contribution in [0, 0.1) is 0 Å². The Balaban J connectivity index is 2.24. The molecule has 0 spiro atoms. The van der Waals surface area contributed by atoms with Crippen LogP contribution in [-0.2, 0) is 11.2 Å². The van der Waals surface area contributed by atoms with Gasteiger partial charge in [0, 0.05) is 36.8 Å². The van der Waals surface area contributed by atoms with Crippen LogP contribution in [0.5, 0.6) is 0 Å². The molecule has 0 fully saturated rings. The molecule has 1 rings (SSSR count). The van der Waals surface area contributed by atoms with E-state index in [0.29, 0.717) is 13.0 Å². The summed E-state index contributed by atoms with van der Waals surface area (Å²) in [7, 11) is 0. The normalized spacial score (nSPS) is 11.2. The second kappa shape index (κ2) is 5.61. The van der Waals surface area contributed by atoms with Gasteiger partial charge in [-0.05, 0) is 26.0 Å². The van der Waals surface area contributed by atoms with Gasteiger partial charge >= 0.3 is 0 Å². The molecule has 0 aromatic carbocycles. The molecule has 1 aromatic rings. The van der Waals surface area contributed by atoms with Crippen molar-refractivity contribution >= 4 is 5.91 Å². The number of carbonyl (C=O) groups excluding carboxylic acids is 1. The number of hydrogen-bond acceptors (Lipinski definition) is 3. The lowest BCUT2D eigenvalue weighted by molar-refractivity contribution is -0.121. The van der Waals surface area contributed by atoms with E-state index >= 15 is 0 Å². The van der Waals surface area contributed by atoms with Crippen molar-refractivity contribution in [1.82, 2.24) is 10.3 Å². The lowest BCUT2D eigenvalue weighted by Crippen LogP contribution is -2.39. The quantitative estimate of drug-likeness (QED) is 0.775. The van der Waals surface area contributed by atoms with Gasteiger partial charge in [-0.25, -0.2) is 0 Å². The first-order valence-electron chi connectivity index (χ1n) is 5.43. The van der Waals surface area contributed by atoms with Crippen molar-refractivity contribution in [3.63, 3.8) is 0 Å². The fraction of sp³-hybridized carbons (Fsp3) is 0.500. The number of amides is 1. The molecular formula is C12H19N3O. The van der Waals surface area contributed by atoms with Crippen molar-refractivity contribution < 1.29 is 4.79 Å². The summed E-state index contributed by atoms with van der Waals surface area (Å²) >= 11 is 0. The molecular weight excluding hydrogens is 202 g/mol. The summed E-state index contributed by atoms with van der Waals surface area (Å²) in [5.74, 6) is -0.0107. The Morgan fingerprint density at radius 2 is 2.25 bits per heavy atom. The van der Waals surface area contributed by atoms with Crippen LogP contribution >= 0.6 is 0 Å². The molecule has 16 heavy (non-hydrogen) atoms. The average Bonchev–Trinajstić information content (AvgIpc) is 2.16. The van der Waals surface area contributed by atoms with Crippen molar-refractivity contribution in [3.05, 3.63) is 30.1 Å². The number of carbonyl (C=O) groups is 1. The minimum absolute atomic E-state index is 0.0107. The van der Waals surface area contributed by atoms with E-state index < -0.39 is 5.54 Å². The molecule has 88 valence electrons. The third-order valence-corrected chi connectivity index (χ3v) is 2.05. The number of nitrogens with one attached hydrogen (secondary N) is 1. The highest BCUT2D eigenvalue weighted by atomic mass is 16.1. The Hall–Kier alpha value is -1.42. The van der Waals surface area contributed by atoms with Gasteiger partial charge in [0.15, 0.2) is 0 Å². The predicted octanol–water partition coefficient (Wildman–Crippen LogP) is 0.868. The van der Waals surface area contributed by atoms with Crippen LogP contribution in [0.3, 0.4) is 0 Å². The predicted molar refractivity (Wildman–Crippen MR) is 63.8 cm³/mol. The summed E-state index contributed by atoms with van der Waals surface area (Å²) in [6.07, 6.45) is 2.84. The topological polar surface area (TPSA) is 68.0 Å². The molecule has 1 amide bonds. The van der Waals surface area contributed by atoms with Gasteiger partial charge in [-0.1, -0.05) is 6.07 Å². The molecule has 4 heteroatoms. The van der Waals surface area contributed by atoms with Crippen molar-refractivity contribution in [3.8, 4) is 0 Å². The van der Waals surface area contributed by atoms with Gasteiger partial charge in [0.05, 0.1) is 0 Å². The summed E-state index contributed by atoms with van der Waals surface area (Å²) in [5.41, 5.74) is 6.28. The summed E-state index contributed by atoms with van der Waals surface area (Å²) in [6.45, 7) is 4.28. The lowest BCUT2D eigenvalue weighted by atomic mass is 10.0. The fourth-order valence-electron chi connectivity index (χ4n) is 1.35. The van der Waals surface area contributed by atoms with Gasteiger partial charge in [-0.3, -0.25) is 9.78 Å². The second-order valence-electron chi connectivity index (χ2n) is 4.59. The zero-order chi connectivity index (χ0) is 12.0. The van der Waals surface area contributed by atoms with E-state index in [-0.39, 0.29) is 5.91 Å². The number of aromatic nitrogens is 1. The minimum Gasteiger partial charge on any atom is -0.356 e. The smallest absolute Gasteiger partial charge is 0.221 e. The molecule has 0 aliphatic carbocycles. The van der Waals surface area contributed by atoms with Crippen LogP contribution in [0.1, 0.15) is 26.0 Å². The largest absolute Gasteiger partial charge is 0.356 e. The van der Waals surface area contributed by atoms with E-state index in [4.69, 9.17) is 5.73 Å². The Morgan fingerprint density at radius 3 is 2.81 bits per heavy atom. The van der Waals surface area contributed by atoms with Crippen molar-refractivity contribution in [1.29, 1.82) is 0 Å². The third-order valence-electron chi connectivity index (χ3n) is 2.05. The fourth-order valence-corrected chi connectivity index (χ4v) is 1.35. The molecule has 0 saturated heterocycles. The van der Waals surface area contributed by atoms with Crippen LogP contribution in [0.4, 0.5) is 0 Å². The van der Waals surface area contributed by atoms with E-state index in [1.54, 1.807) is 6.20 Å². The first-order valence-corrected chi connectivity index (χ1v) is 5.43. The highest BCUT2D eigenvalue weighted by Gasteiger charge is 2.15. The van der Waals surface area contributed by atoms with E-state index in [0.717, 1.165) is 12.1 Å². The number of pyridine rings is 1. The average molecular weight is 221 g/mol. The lowest BCUT2D eigenvalue weighted by Gasteiger charge is -2.17. The molecule has 0 saturated carbocycles. The van der Waals surface area contributed by atoms with E-state index in [2.05, 4.69) is 10.3 Å². The maximum Gasteiger partial charge on any atom is 0.221 e. The molecule has 0 aliphatic rings. The summed E-state index contributed by atoms with van der Waals surface area (Å²) < 4.78 is 0. The first-order chi connectivity index (χ1) is 7.47. The van der Waals surface area contributed by atoms with Crippen molar-refractivity contribution in [2.24, 2.45) is 5.73 Å². The van der Waals surface area contributed by atoms with Crippen molar-refractivity contribution in [2.75, 3.05) is 6.54 Å². The van der Waals surface area contributed by atoms with Crippen LogP contribution in [0.15, 0.2) is 24.4 Å². The molecule has 0 radical (unpaired) electrons. The Kier molecular flexibility index (Phi) is 4.43. The number of rotatable bonds is 5. The highest BCUT2D eigenvalue weighted by molar-refractivity contribution is 5.77. The summed E-state index contributed by atoms with van der Waals surface area (Å²) in [5, 5.41) is 2.83. The van der Waals surface area contributed by atoms with Crippen LogP contribution in [-0.4, -0.2) is 23.0 Å². The molecule has 0 unspecified atom stereocenters. The van der Waals surface area contributed by atoms with Crippen LogP contribution in [0.25, 0.3) is 0 Å². The first kappa shape index (κ1) is 12.6. The van der Waals surface area contributed by atoms with Gasteiger partial charge in [-0.2, -0.15) is 0 Å². The van der Waals surface area contributed by atoms with Gasteiger partial charge in [0.1, 0.15) is 0 Å². The SMILES string of the molecule is CC(C)(N)CC(=O)NCCc1ccccn1. The molecule has 0 bridgehead atoms. The number of hydrogen-bond donors (Lipinski definition) is 2. The van der Waals surface area contributed by atoms with Crippen LogP contribution in [0.2, 0.25) is 0 Å². The van der Waals surface area contributed by atoms with E-state index in [1.807, 2.05) is 32.0 Å². The monoisotopic (exact) mass is 221 g/mol. The van der Waals surface area contributed by atoms with Gasteiger partial charge in [-0.15, -0.1) is 0 Å². The summed E-state index contributed by atoms with van der Waals surface area (Å²) in [6, 6.07) is 5.76. The number of nitrogens with zero attached hydrogens (tertiary/aromatic N) is 1. The highest BCUT2D eigenvalue weighted by Crippen LogP contribution is 2.02. The zero-order valence-corrected chi connectivity index (χ0v) is 9.86. The Labute approximate surface area is 96.3 Å². The van der Waals surface area contributed by atoms with E-state index in [9.17, 15) is 4.79 Å². The van der Waals surface area contributed by atoms with Gasteiger partial charge in [0.25, 0.3) is 0 Å². The van der Waals surface area contributed by atoms with Gasteiger partial charge in [0.2, 0.25) is 5.91 Å². The Bertz CT molecular complexity index is 330. The molecule has 0 aliphatic heterocycles. The maximum atomic E-state index is 11.4. The molecule has 1 heterocycles. The molecule has 4 nitrogen and oxygen atoms in total. The van der Waals surface area contributed by atoms with Crippen molar-refractivity contribution in [2.45, 2.75) is 32.2 Å². The second-order valence-corrected chi connectivity index (χ2v) is 4.59. The zero-order valence-electron chi connectivity index (χ0n) is 9.86. The molecule has 0 atom stereocenters. The molecule has 1 aromatic heterocycles. The number of nitrogens with two attached hydrogens (primary N) is 1. The summed E-state index contributed by atoms with van der Waals surface area (Å²) in [4.78, 5) is 15.6. The molecule has 3 N–H and O–H groups in total.